The minimum absolute atomic E-state index is 0.282. The van der Waals surface area contributed by atoms with E-state index in [2.05, 4.69) is 0 Å². The van der Waals surface area contributed by atoms with Crippen LogP contribution in [0.25, 0.3) is 6.08 Å². The van der Waals surface area contributed by atoms with Crippen LogP contribution in [0.3, 0.4) is 0 Å². The van der Waals surface area contributed by atoms with E-state index in [-0.39, 0.29) is 12.5 Å². The molecule has 1 amide bonds. The molecule has 0 aliphatic heterocycles. The van der Waals surface area contributed by atoms with Crippen LogP contribution in [0.5, 0.6) is 11.5 Å². The van der Waals surface area contributed by atoms with Crippen molar-refractivity contribution >= 4 is 18.0 Å². The monoisotopic (exact) mass is 397 g/mol. The van der Waals surface area contributed by atoms with Crippen molar-refractivity contribution in [2.45, 2.75) is 26.5 Å². The van der Waals surface area contributed by atoms with E-state index in [0.717, 1.165) is 11.1 Å². The Hall–Kier alpha value is -3.28. The minimum atomic E-state index is -0.904. The predicted molar refractivity (Wildman–Crippen MR) is 112 cm³/mol. The zero-order chi connectivity index (χ0) is 21.2. The molecular weight excluding hydrogens is 370 g/mol. The number of esters is 1. The number of amides is 1. The zero-order valence-electron chi connectivity index (χ0n) is 17.3. The van der Waals surface area contributed by atoms with Gasteiger partial charge in [0.2, 0.25) is 0 Å². The maximum absolute atomic E-state index is 12.4. The standard InChI is InChI=1S/C23H27NO5/c1-5-9-18-12-13-20(21(14-18)27-4)28-16-22(25)29-17(2)23(26)24(3)15-19-10-7-6-8-11-19/h5-14,17H,15-16H2,1-4H3/b9-5+/t17-/m0/s1. The number of likely N-dealkylation sites (N-methyl/N-ethyl adjacent to an activating group) is 1. The predicted octanol–water partition coefficient (Wildman–Crippen LogP) is 3.70. The molecule has 0 unspecified atom stereocenters. The average molecular weight is 397 g/mol. The van der Waals surface area contributed by atoms with Crippen LogP contribution in [-0.4, -0.2) is 43.6 Å². The van der Waals surface area contributed by atoms with Gasteiger partial charge in [-0.2, -0.15) is 0 Å². The largest absolute Gasteiger partial charge is 0.493 e. The number of nitrogens with zero attached hydrogens (tertiary/aromatic N) is 1. The Morgan fingerprint density at radius 2 is 1.83 bits per heavy atom. The first-order valence-electron chi connectivity index (χ1n) is 9.36. The van der Waals surface area contributed by atoms with Crippen LogP contribution < -0.4 is 9.47 Å². The summed E-state index contributed by atoms with van der Waals surface area (Å²) < 4.78 is 16.0. The van der Waals surface area contributed by atoms with Crippen LogP contribution in [-0.2, 0) is 20.9 Å². The molecule has 0 heterocycles. The minimum Gasteiger partial charge on any atom is -0.493 e. The Labute approximate surface area is 171 Å². The third-order valence-corrected chi connectivity index (χ3v) is 4.19. The van der Waals surface area contributed by atoms with Gasteiger partial charge in [0, 0.05) is 13.6 Å². The van der Waals surface area contributed by atoms with Gasteiger partial charge in [-0.15, -0.1) is 0 Å². The van der Waals surface area contributed by atoms with Crippen LogP contribution in [0.1, 0.15) is 25.0 Å². The molecule has 0 N–H and O–H groups in total. The topological polar surface area (TPSA) is 65.1 Å². The Bertz CT molecular complexity index is 848. The van der Waals surface area contributed by atoms with Gasteiger partial charge in [0.1, 0.15) is 0 Å². The molecule has 0 fully saturated rings. The number of hydrogen-bond donors (Lipinski definition) is 0. The molecule has 2 aromatic rings. The summed E-state index contributed by atoms with van der Waals surface area (Å²) in [6.07, 6.45) is 2.94. The second kappa shape index (κ2) is 10.9. The van der Waals surface area contributed by atoms with Crippen molar-refractivity contribution in [3.63, 3.8) is 0 Å². The fourth-order valence-electron chi connectivity index (χ4n) is 2.76. The van der Waals surface area contributed by atoms with E-state index in [4.69, 9.17) is 14.2 Å². The number of carbonyl (C=O) groups is 2. The summed E-state index contributed by atoms with van der Waals surface area (Å²) in [5.74, 6) is 0.0343. The summed E-state index contributed by atoms with van der Waals surface area (Å²) in [6.45, 7) is 3.59. The first-order chi connectivity index (χ1) is 13.9. The number of ether oxygens (including phenoxy) is 3. The third kappa shape index (κ3) is 6.68. The van der Waals surface area contributed by atoms with E-state index in [9.17, 15) is 9.59 Å². The van der Waals surface area contributed by atoms with Crippen molar-refractivity contribution in [3.05, 3.63) is 65.7 Å². The first kappa shape index (κ1) is 22.0. The molecule has 6 nitrogen and oxygen atoms in total. The van der Waals surface area contributed by atoms with E-state index in [1.165, 1.54) is 12.0 Å². The quantitative estimate of drug-likeness (QED) is 0.604. The molecule has 29 heavy (non-hydrogen) atoms. The van der Waals surface area contributed by atoms with Crippen molar-refractivity contribution in [1.82, 2.24) is 4.90 Å². The summed E-state index contributed by atoms with van der Waals surface area (Å²) >= 11 is 0. The van der Waals surface area contributed by atoms with Crippen molar-refractivity contribution in [2.75, 3.05) is 20.8 Å². The molecule has 6 heteroatoms. The van der Waals surface area contributed by atoms with Crippen LogP contribution in [0, 0.1) is 0 Å². The van der Waals surface area contributed by atoms with Gasteiger partial charge < -0.3 is 19.1 Å². The molecule has 0 aromatic heterocycles. The number of allylic oxidation sites excluding steroid dienone is 1. The van der Waals surface area contributed by atoms with Gasteiger partial charge in [0.15, 0.2) is 24.2 Å². The van der Waals surface area contributed by atoms with Crippen LogP contribution in [0.2, 0.25) is 0 Å². The van der Waals surface area contributed by atoms with E-state index in [0.29, 0.717) is 18.0 Å². The third-order valence-electron chi connectivity index (χ3n) is 4.19. The number of hydrogen-bond acceptors (Lipinski definition) is 5. The molecule has 1 atom stereocenters. The van der Waals surface area contributed by atoms with E-state index >= 15 is 0 Å². The van der Waals surface area contributed by atoms with Gasteiger partial charge >= 0.3 is 5.97 Å². The second-order valence-electron chi connectivity index (χ2n) is 6.51. The highest BCUT2D eigenvalue weighted by atomic mass is 16.6. The van der Waals surface area contributed by atoms with Gasteiger partial charge in [0.25, 0.3) is 5.91 Å². The average Bonchev–Trinajstić information content (AvgIpc) is 2.72. The summed E-state index contributed by atoms with van der Waals surface area (Å²) in [4.78, 5) is 26.1. The van der Waals surface area contributed by atoms with Crippen molar-refractivity contribution in [3.8, 4) is 11.5 Å². The molecule has 0 radical (unpaired) electrons. The fraction of sp³-hybridized carbons (Fsp3) is 0.304. The smallest absolute Gasteiger partial charge is 0.344 e. The zero-order valence-corrected chi connectivity index (χ0v) is 17.3. The molecule has 0 saturated heterocycles. The van der Waals surface area contributed by atoms with Gasteiger partial charge in [-0.25, -0.2) is 4.79 Å². The maximum atomic E-state index is 12.4. The number of rotatable bonds is 9. The van der Waals surface area contributed by atoms with Crippen molar-refractivity contribution in [1.29, 1.82) is 0 Å². The second-order valence-corrected chi connectivity index (χ2v) is 6.51. The van der Waals surface area contributed by atoms with Gasteiger partial charge in [0.05, 0.1) is 7.11 Å². The Kier molecular flexibility index (Phi) is 8.27. The summed E-state index contributed by atoms with van der Waals surface area (Å²) in [6, 6.07) is 15.0. The number of carbonyl (C=O) groups excluding carboxylic acids is 2. The molecule has 0 spiro atoms. The van der Waals surface area contributed by atoms with Gasteiger partial charge in [-0.3, -0.25) is 4.79 Å². The van der Waals surface area contributed by atoms with Crippen molar-refractivity contribution < 1.29 is 23.8 Å². The SMILES string of the molecule is C/C=C/c1ccc(OCC(=O)O[C@@H](C)C(=O)N(C)Cc2ccccc2)c(OC)c1. The summed E-state index contributed by atoms with van der Waals surface area (Å²) in [7, 11) is 3.20. The lowest BCUT2D eigenvalue weighted by Gasteiger charge is -2.21. The van der Waals surface area contributed by atoms with Crippen LogP contribution in [0.15, 0.2) is 54.6 Å². The number of methoxy groups -OCH3 is 1. The lowest BCUT2D eigenvalue weighted by atomic mass is 10.2. The van der Waals surface area contributed by atoms with Crippen molar-refractivity contribution in [2.24, 2.45) is 0 Å². The summed E-state index contributed by atoms with van der Waals surface area (Å²) in [5, 5.41) is 0. The lowest BCUT2D eigenvalue weighted by Crippen LogP contribution is -2.37. The van der Waals surface area contributed by atoms with Gasteiger partial charge in [-0.1, -0.05) is 48.6 Å². The van der Waals surface area contributed by atoms with Crippen LogP contribution >= 0.6 is 0 Å². The molecule has 0 bridgehead atoms. The van der Waals surface area contributed by atoms with E-state index in [1.807, 2.05) is 61.5 Å². The highest BCUT2D eigenvalue weighted by molar-refractivity contribution is 5.83. The lowest BCUT2D eigenvalue weighted by molar-refractivity contribution is -0.160. The molecule has 0 aliphatic rings. The summed E-state index contributed by atoms with van der Waals surface area (Å²) in [5.41, 5.74) is 1.96. The first-order valence-corrected chi connectivity index (χ1v) is 9.36. The normalized spacial score (nSPS) is 11.7. The maximum Gasteiger partial charge on any atom is 0.344 e. The molecule has 2 aromatic carbocycles. The Morgan fingerprint density at radius 1 is 1.10 bits per heavy atom. The highest BCUT2D eigenvalue weighted by Crippen LogP contribution is 2.28. The van der Waals surface area contributed by atoms with Gasteiger partial charge in [-0.05, 0) is 37.1 Å². The van der Waals surface area contributed by atoms with Crippen LogP contribution in [0.4, 0.5) is 0 Å². The Balaban J connectivity index is 1.87. The number of benzene rings is 2. The van der Waals surface area contributed by atoms with E-state index < -0.39 is 12.1 Å². The fourth-order valence-corrected chi connectivity index (χ4v) is 2.76. The molecule has 0 saturated carbocycles. The molecular formula is C23H27NO5. The highest BCUT2D eigenvalue weighted by Gasteiger charge is 2.22. The molecule has 154 valence electrons. The Morgan fingerprint density at radius 3 is 2.48 bits per heavy atom. The molecule has 0 aliphatic carbocycles. The van der Waals surface area contributed by atoms with E-state index in [1.54, 1.807) is 20.0 Å². The molecule has 2 rings (SSSR count).